The summed E-state index contributed by atoms with van der Waals surface area (Å²) in [5.41, 5.74) is -1.20. The van der Waals surface area contributed by atoms with Crippen molar-refractivity contribution in [1.82, 2.24) is 0 Å². The number of aromatic hydroxyl groups is 2. The molecule has 10 atom stereocenters. The van der Waals surface area contributed by atoms with E-state index in [-0.39, 0.29) is 17.1 Å². The second-order valence-electron chi connectivity index (χ2n) is 10.1. The molecule has 5 rings (SSSR count). The van der Waals surface area contributed by atoms with Crippen LogP contribution in [0.25, 0.3) is 22.3 Å². The second kappa shape index (κ2) is 11.7. The molecule has 228 valence electrons. The molecule has 3 aromatic rings. The summed E-state index contributed by atoms with van der Waals surface area (Å²) in [5, 5.41) is 102. The SMILES string of the molecule is O=c1cc(-c2ccc(O)cc2)oc2c([C@@H]3O[C@H](CO)[C@@H](O)[C@H](O)[C@H]3O)c(O[C@@H]3O[C@H](CO)[C@@H](O)[C@H](O)[C@H]3O)cc(O)c12. The zero-order valence-corrected chi connectivity index (χ0v) is 21.7. The summed E-state index contributed by atoms with van der Waals surface area (Å²) in [7, 11) is 0. The molecular weight excluding hydrogens is 564 g/mol. The highest BCUT2D eigenvalue weighted by molar-refractivity contribution is 5.89. The quantitative estimate of drug-likeness (QED) is 0.142. The summed E-state index contributed by atoms with van der Waals surface area (Å²) in [6.45, 7) is -1.58. The zero-order valence-electron chi connectivity index (χ0n) is 21.7. The topological polar surface area (TPSA) is 260 Å². The largest absolute Gasteiger partial charge is 0.508 e. The first-order chi connectivity index (χ1) is 20.0. The maximum Gasteiger partial charge on any atom is 0.229 e. The number of hydrogen-bond acceptors (Lipinski definition) is 15. The van der Waals surface area contributed by atoms with E-state index in [2.05, 4.69) is 0 Å². The van der Waals surface area contributed by atoms with Gasteiger partial charge in [-0.05, 0) is 24.3 Å². The summed E-state index contributed by atoms with van der Waals surface area (Å²) in [6.07, 6.45) is -17.3. The van der Waals surface area contributed by atoms with Gasteiger partial charge in [0, 0.05) is 17.7 Å². The molecule has 15 nitrogen and oxygen atoms in total. The second-order valence-corrected chi connectivity index (χ2v) is 10.1. The predicted octanol–water partition coefficient (Wildman–Crippen LogP) is -2.44. The smallest absolute Gasteiger partial charge is 0.229 e. The van der Waals surface area contributed by atoms with Crippen LogP contribution in [0, 0.1) is 0 Å². The lowest BCUT2D eigenvalue weighted by molar-refractivity contribution is -0.278. The van der Waals surface area contributed by atoms with Crippen molar-refractivity contribution in [3.8, 4) is 28.6 Å². The molecule has 2 saturated heterocycles. The Hall–Kier alpha value is -3.35. The van der Waals surface area contributed by atoms with Crippen molar-refractivity contribution >= 4 is 11.0 Å². The van der Waals surface area contributed by atoms with Gasteiger partial charge >= 0.3 is 0 Å². The number of aliphatic hydroxyl groups excluding tert-OH is 8. The molecule has 3 heterocycles. The van der Waals surface area contributed by atoms with Crippen LogP contribution in [-0.2, 0) is 9.47 Å². The third-order valence-corrected chi connectivity index (χ3v) is 7.40. The highest BCUT2D eigenvalue weighted by Gasteiger charge is 2.48. The maximum absolute atomic E-state index is 13.2. The van der Waals surface area contributed by atoms with Gasteiger partial charge in [0.2, 0.25) is 6.29 Å². The summed E-state index contributed by atoms with van der Waals surface area (Å²) < 4.78 is 22.9. The van der Waals surface area contributed by atoms with Crippen molar-refractivity contribution < 1.29 is 69.7 Å². The fourth-order valence-corrected chi connectivity index (χ4v) is 5.08. The maximum atomic E-state index is 13.2. The van der Waals surface area contributed by atoms with Gasteiger partial charge in [-0.3, -0.25) is 4.79 Å². The van der Waals surface area contributed by atoms with Crippen LogP contribution in [0.2, 0.25) is 0 Å². The highest BCUT2D eigenvalue weighted by atomic mass is 16.7. The van der Waals surface area contributed by atoms with E-state index in [0.29, 0.717) is 5.56 Å². The molecule has 0 saturated carbocycles. The Labute approximate surface area is 236 Å². The van der Waals surface area contributed by atoms with Crippen LogP contribution >= 0.6 is 0 Å². The first-order valence-electron chi connectivity index (χ1n) is 12.9. The molecule has 0 radical (unpaired) electrons. The molecule has 2 aliphatic rings. The van der Waals surface area contributed by atoms with E-state index < -0.39 is 102 Å². The minimum atomic E-state index is -1.92. The number of aliphatic hydroxyl groups is 8. The Balaban J connectivity index is 1.73. The lowest BCUT2D eigenvalue weighted by atomic mass is 9.89. The van der Waals surface area contributed by atoms with Gasteiger partial charge in [0.25, 0.3) is 0 Å². The molecule has 0 spiro atoms. The zero-order chi connectivity index (χ0) is 30.5. The van der Waals surface area contributed by atoms with Gasteiger partial charge in [-0.1, -0.05) is 0 Å². The van der Waals surface area contributed by atoms with Crippen LogP contribution in [0.3, 0.4) is 0 Å². The van der Waals surface area contributed by atoms with Crippen LogP contribution in [-0.4, -0.2) is 119 Å². The summed E-state index contributed by atoms with van der Waals surface area (Å²) >= 11 is 0. The molecule has 2 fully saturated rings. The van der Waals surface area contributed by atoms with Gasteiger partial charge in [-0.15, -0.1) is 0 Å². The van der Waals surface area contributed by atoms with E-state index >= 15 is 0 Å². The Bertz CT molecular complexity index is 1470. The molecule has 10 N–H and O–H groups in total. The molecule has 15 heteroatoms. The standard InChI is InChI=1S/C27H30O15/c28-7-15-19(33)21(35)23(37)26(40-15)18-14(41-27-24(38)22(36)20(34)16(8-29)42-27)6-12(32)17-11(31)5-13(39-25(17)18)9-1-3-10(30)4-2-9/h1-6,15-16,19-24,26-30,32-38H,7-8H2/t15-,16-,19-,20-,21+,22+,23-,24-,26+,27-/m1/s1. The van der Waals surface area contributed by atoms with E-state index in [1.165, 1.54) is 24.3 Å². The van der Waals surface area contributed by atoms with Gasteiger partial charge in [0.1, 0.15) is 83.3 Å². The lowest BCUT2D eigenvalue weighted by Crippen LogP contribution is -2.60. The number of phenolic OH excluding ortho intramolecular Hbond substituents is 2. The molecule has 0 unspecified atom stereocenters. The van der Waals surface area contributed by atoms with Gasteiger partial charge in [0.05, 0.1) is 18.8 Å². The van der Waals surface area contributed by atoms with Crippen LogP contribution in [0.4, 0.5) is 0 Å². The predicted molar refractivity (Wildman–Crippen MR) is 138 cm³/mol. The Morgan fingerprint density at radius 3 is 1.95 bits per heavy atom. The van der Waals surface area contributed by atoms with Crippen LogP contribution in [0.1, 0.15) is 11.7 Å². The number of hydrogen-bond donors (Lipinski definition) is 10. The normalized spacial score (nSPS) is 33.5. The van der Waals surface area contributed by atoms with Crippen LogP contribution in [0.15, 0.2) is 45.6 Å². The van der Waals surface area contributed by atoms with Gasteiger partial charge in [0.15, 0.2) is 11.0 Å². The fourth-order valence-electron chi connectivity index (χ4n) is 5.08. The molecule has 0 amide bonds. The summed E-state index contributed by atoms with van der Waals surface area (Å²) in [5.74, 6) is -1.29. The molecule has 0 aliphatic carbocycles. The van der Waals surface area contributed by atoms with Crippen molar-refractivity contribution in [2.45, 2.75) is 61.2 Å². The first kappa shape index (κ1) is 30.1. The summed E-state index contributed by atoms with van der Waals surface area (Å²) in [4.78, 5) is 13.2. The molecule has 2 aliphatic heterocycles. The monoisotopic (exact) mass is 594 g/mol. The molecule has 1 aromatic heterocycles. The number of rotatable bonds is 6. The number of fused-ring (bicyclic) bond motifs is 1. The molecular formula is C27H30O15. The van der Waals surface area contributed by atoms with Crippen molar-refractivity contribution in [3.05, 3.63) is 52.2 Å². The third-order valence-electron chi connectivity index (χ3n) is 7.40. The first-order valence-corrected chi connectivity index (χ1v) is 12.9. The Morgan fingerprint density at radius 1 is 0.738 bits per heavy atom. The molecule has 42 heavy (non-hydrogen) atoms. The van der Waals surface area contributed by atoms with Gasteiger partial charge in [-0.25, -0.2) is 0 Å². The Morgan fingerprint density at radius 2 is 1.33 bits per heavy atom. The number of benzene rings is 2. The van der Waals surface area contributed by atoms with Crippen molar-refractivity contribution in [1.29, 1.82) is 0 Å². The van der Waals surface area contributed by atoms with Crippen LogP contribution in [0.5, 0.6) is 17.2 Å². The fraction of sp³-hybridized carbons (Fsp3) is 0.444. The lowest BCUT2D eigenvalue weighted by Gasteiger charge is -2.42. The van der Waals surface area contributed by atoms with Crippen molar-refractivity contribution in [2.75, 3.05) is 13.2 Å². The van der Waals surface area contributed by atoms with Gasteiger partial charge in [-0.2, -0.15) is 0 Å². The van der Waals surface area contributed by atoms with Gasteiger partial charge < -0.3 is 69.7 Å². The van der Waals surface area contributed by atoms with E-state index in [1.54, 1.807) is 0 Å². The van der Waals surface area contributed by atoms with Crippen molar-refractivity contribution in [3.63, 3.8) is 0 Å². The molecule has 0 bridgehead atoms. The number of ether oxygens (including phenoxy) is 3. The van der Waals surface area contributed by atoms with E-state index in [9.17, 15) is 55.9 Å². The highest BCUT2D eigenvalue weighted by Crippen LogP contribution is 2.45. The van der Waals surface area contributed by atoms with E-state index in [4.69, 9.17) is 18.6 Å². The molecule has 2 aromatic carbocycles. The van der Waals surface area contributed by atoms with Crippen LogP contribution < -0.4 is 10.2 Å². The van der Waals surface area contributed by atoms with Crippen molar-refractivity contribution in [2.24, 2.45) is 0 Å². The summed E-state index contributed by atoms with van der Waals surface area (Å²) in [6, 6.07) is 7.48. The van der Waals surface area contributed by atoms with E-state index in [1.807, 2.05) is 0 Å². The average molecular weight is 595 g/mol. The minimum Gasteiger partial charge on any atom is -0.508 e. The minimum absolute atomic E-state index is 0.0669. The average Bonchev–Trinajstić information content (AvgIpc) is 2.97. The number of phenols is 2. The third kappa shape index (κ3) is 5.20. The Kier molecular flexibility index (Phi) is 8.41. The van der Waals surface area contributed by atoms with E-state index in [0.717, 1.165) is 12.1 Å².